The van der Waals surface area contributed by atoms with E-state index in [0.717, 1.165) is 17.9 Å². The van der Waals surface area contributed by atoms with Crippen molar-refractivity contribution in [2.24, 2.45) is 17.3 Å². The van der Waals surface area contributed by atoms with Crippen molar-refractivity contribution in [3.63, 3.8) is 0 Å². The van der Waals surface area contributed by atoms with E-state index in [-0.39, 0.29) is 0 Å². The van der Waals surface area contributed by atoms with Crippen LogP contribution in [0.4, 0.5) is 0 Å². The van der Waals surface area contributed by atoms with Crippen LogP contribution in [0.3, 0.4) is 0 Å². The largest absolute Gasteiger partial charge is 0.311 e. The van der Waals surface area contributed by atoms with E-state index in [9.17, 15) is 0 Å². The van der Waals surface area contributed by atoms with Crippen LogP contribution in [-0.4, -0.2) is 12.1 Å². The number of nitrogens with one attached hydrogen (secondary N) is 1. The Kier molecular flexibility index (Phi) is 4.22. The van der Waals surface area contributed by atoms with Crippen molar-refractivity contribution < 1.29 is 0 Å². The van der Waals surface area contributed by atoms with Gasteiger partial charge in [0.1, 0.15) is 0 Å². The third kappa shape index (κ3) is 3.48. The van der Waals surface area contributed by atoms with Crippen molar-refractivity contribution in [1.82, 2.24) is 5.32 Å². The van der Waals surface area contributed by atoms with Crippen molar-refractivity contribution in [1.29, 1.82) is 0 Å². The zero-order valence-corrected chi connectivity index (χ0v) is 11.4. The van der Waals surface area contributed by atoms with Gasteiger partial charge in [-0.15, -0.1) is 0 Å². The molecule has 0 aromatic rings. The van der Waals surface area contributed by atoms with Gasteiger partial charge < -0.3 is 5.32 Å². The lowest BCUT2D eigenvalue weighted by atomic mass is 9.91. The van der Waals surface area contributed by atoms with Gasteiger partial charge in [-0.2, -0.15) is 0 Å². The summed E-state index contributed by atoms with van der Waals surface area (Å²) in [6.45, 7) is 14.2. The molecule has 4 unspecified atom stereocenters. The zero-order chi connectivity index (χ0) is 11.6. The zero-order valence-electron chi connectivity index (χ0n) is 11.4. The molecule has 0 amide bonds. The van der Waals surface area contributed by atoms with Crippen molar-refractivity contribution in [3.05, 3.63) is 0 Å². The topological polar surface area (TPSA) is 12.0 Å². The van der Waals surface area contributed by atoms with Crippen LogP contribution in [0.2, 0.25) is 0 Å². The van der Waals surface area contributed by atoms with Gasteiger partial charge in [-0.3, -0.25) is 0 Å². The average molecular weight is 211 g/mol. The molecule has 1 nitrogen and oxygen atoms in total. The van der Waals surface area contributed by atoms with Crippen LogP contribution in [0, 0.1) is 17.3 Å². The monoisotopic (exact) mass is 211 g/mol. The molecule has 1 aliphatic rings. The molecule has 1 fully saturated rings. The molecule has 1 rings (SSSR count). The van der Waals surface area contributed by atoms with Gasteiger partial charge in [-0.25, -0.2) is 0 Å². The van der Waals surface area contributed by atoms with E-state index in [4.69, 9.17) is 0 Å². The predicted molar refractivity (Wildman–Crippen MR) is 68.0 cm³/mol. The van der Waals surface area contributed by atoms with Gasteiger partial charge in [0, 0.05) is 12.1 Å². The van der Waals surface area contributed by atoms with Crippen molar-refractivity contribution in [3.8, 4) is 0 Å². The molecular weight excluding hydrogens is 182 g/mol. The maximum atomic E-state index is 3.83. The molecule has 0 aliphatic heterocycles. The maximum absolute atomic E-state index is 3.83. The Hall–Kier alpha value is -0.0400. The Morgan fingerprint density at radius 3 is 2.27 bits per heavy atom. The van der Waals surface area contributed by atoms with Crippen LogP contribution < -0.4 is 5.32 Å². The molecule has 4 atom stereocenters. The second-order valence-corrected chi connectivity index (χ2v) is 6.50. The Balaban J connectivity index is 2.46. The van der Waals surface area contributed by atoms with Crippen molar-refractivity contribution in [2.75, 3.05) is 0 Å². The highest BCUT2D eigenvalue weighted by Gasteiger charge is 2.37. The second-order valence-electron chi connectivity index (χ2n) is 6.50. The third-order valence-electron chi connectivity index (χ3n) is 4.31. The summed E-state index contributed by atoms with van der Waals surface area (Å²) in [4.78, 5) is 0. The lowest BCUT2D eigenvalue weighted by Gasteiger charge is -2.27. The Labute approximate surface area is 96.0 Å². The minimum Gasteiger partial charge on any atom is -0.311 e. The first-order valence-electron chi connectivity index (χ1n) is 6.62. The SMILES string of the molecule is CCC(C)C(C)NC1CC(C)(C)CC1C. The van der Waals surface area contributed by atoms with Crippen LogP contribution in [-0.2, 0) is 0 Å². The highest BCUT2D eigenvalue weighted by molar-refractivity contribution is 4.92. The first-order chi connectivity index (χ1) is 6.85. The molecule has 0 aromatic heterocycles. The minimum absolute atomic E-state index is 0.548. The summed E-state index contributed by atoms with van der Waals surface area (Å²) < 4.78 is 0. The summed E-state index contributed by atoms with van der Waals surface area (Å²) in [5.74, 6) is 1.63. The minimum atomic E-state index is 0.548. The van der Waals surface area contributed by atoms with Crippen LogP contribution in [0.15, 0.2) is 0 Å². The Morgan fingerprint density at radius 1 is 1.27 bits per heavy atom. The molecule has 0 bridgehead atoms. The van der Waals surface area contributed by atoms with E-state index in [1.54, 1.807) is 0 Å². The van der Waals surface area contributed by atoms with E-state index in [1.807, 2.05) is 0 Å². The molecule has 0 saturated heterocycles. The Morgan fingerprint density at radius 2 is 1.87 bits per heavy atom. The molecule has 0 heterocycles. The molecule has 0 spiro atoms. The molecule has 1 aliphatic carbocycles. The van der Waals surface area contributed by atoms with Crippen LogP contribution in [0.25, 0.3) is 0 Å². The summed E-state index contributed by atoms with van der Waals surface area (Å²) in [6.07, 6.45) is 3.99. The third-order valence-corrected chi connectivity index (χ3v) is 4.31. The number of rotatable bonds is 4. The lowest BCUT2D eigenvalue weighted by Crippen LogP contribution is -2.41. The summed E-state index contributed by atoms with van der Waals surface area (Å²) in [5, 5.41) is 3.83. The van der Waals surface area contributed by atoms with Gasteiger partial charge >= 0.3 is 0 Å². The summed E-state index contributed by atoms with van der Waals surface area (Å²) >= 11 is 0. The molecule has 1 N–H and O–H groups in total. The molecule has 0 radical (unpaired) electrons. The molecular formula is C14H29N. The van der Waals surface area contributed by atoms with Crippen molar-refractivity contribution >= 4 is 0 Å². The standard InChI is InChI=1S/C14H29N/c1-7-10(2)12(4)15-13-9-14(5,6)8-11(13)3/h10-13,15H,7-9H2,1-6H3. The van der Waals surface area contributed by atoms with Gasteiger partial charge in [0.25, 0.3) is 0 Å². The number of hydrogen-bond acceptors (Lipinski definition) is 1. The highest BCUT2D eigenvalue weighted by Crippen LogP contribution is 2.41. The molecule has 1 saturated carbocycles. The molecule has 1 heteroatoms. The smallest absolute Gasteiger partial charge is 0.0101 e. The van der Waals surface area contributed by atoms with E-state index < -0.39 is 0 Å². The quantitative estimate of drug-likeness (QED) is 0.745. The average Bonchev–Trinajstić information content (AvgIpc) is 2.38. The fraction of sp³-hybridized carbons (Fsp3) is 1.00. The highest BCUT2D eigenvalue weighted by atomic mass is 15.0. The maximum Gasteiger partial charge on any atom is 0.0101 e. The fourth-order valence-corrected chi connectivity index (χ4v) is 2.97. The number of hydrogen-bond donors (Lipinski definition) is 1. The summed E-state index contributed by atoms with van der Waals surface area (Å²) in [5.41, 5.74) is 0.548. The first kappa shape index (κ1) is 13.0. The van der Waals surface area contributed by atoms with Crippen LogP contribution >= 0.6 is 0 Å². The lowest BCUT2D eigenvalue weighted by molar-refractivity contribution is 0.310. The molecule has 15 heavy (non-hydrogen) atoms. The van der Waals surface area contributed by atoms with Gasteiger partial charge in [-0.1, -0.05) is 41.0 Å². The fourth-order valence-electron chi connectivity index (χ4n) is 2.97. The van der Waals surface area contributed by atoms with Crippen LogP contribution in [0.5, 0.6) is 0 Å². The first-order valence-corrected chi connectivity index (χ1v) is 6.62. The van der Waals surface area contributed by atoms with Crippen LogP contribution in [0.1, 0.15) is 60.8 Å². The van der Waals surface area contributed by atoms with Gasteiger partial charge in [0.15, 0.2) is 0 Å². The van der Waals surface area contributed by atoms with Gasteiger partial charge in [0.05, 0.1) is 0 Å². The van der Waals surface area contributed by atoms with E-state index in [0.29, 0.717) is 11.5 Å². The van der Waals surface area contributed by atoms with Gasteiger partial charge in [0.2, 0.25) is 0 Å². The summed E-state index contributed by atoms with van der Waals surface area (Å²) in [6, 6.07) is 1.40. The van der Waals surface area contributed by atoms with E-state index in [1.165, 1.54) is 19.3 Å². The molecule has 0 aromatic carbocycles. The van der Waals surface area contributed by atoms with E-state index in [2.05, 4.69) is 46.9 Å². The Bertz CT molecular complexity index is 198. The second kappa shape index (κ2) is 4.86. The van der Waals surface area contributed by atoms with Gasteiger partial charge in [-0.05, 0) is 37.0 Å². The van der Waals surface area contributed by atoms with E-state index >= 15 is 0 Å². The summed E-state index contributed by atoms with van der Waals surface area (Å²) in [7, 11) is 0. The molecule has 90 valence electrons. The van der Waals surface area contributed by atoms with Crippen molar-refractivity contribution in [2.45, 2.75) is 72.9 Å². The normalized spacial score (nSPS) is 34.0. The predicted octanol–water partition coefficient (Wildman–Crippen LogP) is 3.84.